The second-order valence-corrected chi connectivity index (χ2v) is 13.0. The number of fused-ring (bicyclic) bond motifs is 3. The van der Waals surface area contributed by atoms with E-state index in [1.807, 2.05) is 12.1 Å². The normalized spacial score (nSPS) is 16.8. The molecule has 184 valence electrons. The number of aliphatic hydroxyl groups excluding tert-OH is 1. The lowest BCUT2D eigenvalue weighted by Gasteiger charge is -2.35. The Bertz CT molecular complexity index is 1420. The first-order valence-corrected chi connectivity index (χ1v) is 14.7. The van der Waals surface area contributed by atoms with E-state index in [2.05, 4.69) is 65.6 Å². The number of benzene rings is 3. The first-order chi connectivity index (χ1) is 16.7. The van der Waals surface area contributed by atoms with E-state index in [9.17, 15) is 13.5 Å². The lowest BCUT2D eigenvalue weighted by molar-refractivity contribution is 0.0823. The van der Waals surface area contributed by atoms with Crippen molar-refractivity contribution in [2.24, 2.45) is 0 Å². The number of aliphatic hydroxyl groups is 1. The number of sulfonamides is 1. The minimum Gasteiger partial charge on any atom is -0.390 e. The molecule has 0 bridgehead atoms. The van der Waals surface area contributed by atoms with Gasteiger partial charge in [0.1, 0.15) is 0 Å². The molecule has 0 aliphatic carbocycles. The van der Waals surface area contributed by atoms with Crippen molar-refractivity contribution in [3.8, 4) is 0 Å². The zero-order chi connectivity index (χ0) is 24.7. The van der Waals surface area contributed by atoms with Crippen LogP contribution in [0.4, 0.5) is 0 Å². The Morgan fingerprint density at radius 3 is 1.91 bits per heavy atom. The summed E-state index contributed by atoms with van der Waals surface area (Å²) in [6, 6.07) is 18.6. The van der Waals surface area contributed by atoms with Crippen molar-refractivity contribution < 1.29 is 13.5 Å². The molecule has 2 heterocycles. The van der Waals surface area contributed by atoms with Crippen molar-refractivity contribution in [3.05, 3.63) is 74.6 Å². The Morgan fingerprint density at radius 1 is 0.829 bits per heavy atom. The molecule has 1 fully saturated rings. The third kappa shape index (κ3) is 5.18. The number of β-amino-alcohol motifs (C(OH)–C–C–N with tert-alkyl or cyclic N) is 1. The van der Waals surface area contributed by atoms with Crippen molar-refractivity contribution in [1.29, 1.82) is 0 Å². The smallest absolute Gasteiger partial charge is 0.243 e. The molecular formula is C25H24Br2ClN3O3S. The summed E-state index contributed by atoms with van der Waals surface area (Å²) in [6.07, 6.45) is -0.597. The molecule has 4 aromatic rings. The van der Waals surface area contributed by atoms with E-state index in [1.165, 1.54) is 16.4 Å². The summed E-state index contributed by atoms with van der Waals surface area (Å²) in [6.45, 7) is 2.83. The van der Waals surface area contributed by atoms with Gasteiger partial charge in [-0.15, -0.1) is 0 Å². The molecule has 1 aliphatic heterocycles. The first-order valence-electron chi connectivity index (χ1n) is 11.3. The summed E-state index contributed by atoms with van der Waals surface area (Å²) in [5, 5.41) is 13.8. The molecule has 5 rings (SSSR count). The van der Waals surface area contributed by atoms with Crippen LogP contribution >= 0.6 is 43.5 Å². The molecule has 0 amide bonds. The molecule has 10 heteroatoms. The molecule has 1 aromatic heterocycles. The van der Waals surface area contributed by atoms with E-state index >= 15 is 0 Å². The SMILES string of the molecule is O=S(=O)(c1ccc(Cl)cc1)N1CCN(C[C@H](O)Cn2c3ccc(Br)cc3c3cc(Br)ccc32)CC1. The molecular weight excluding hydrogens is 618 g/mol. The van der Waals surface area contributed by atoms with Gasteiger partial charge < -0.3 is 9.67 Å². The van der Waals surface area contributed by atoms with Crippen LogP contribution in [-0.4, -0.2) is 66.1 Å². The zero-order valence-corrected chi connectivity index (χ0v) is 23.5. The average molecular weight is 642 g/mol. The summed E-state index contributed by atoms with van der Waals surface area (Å²) in [4.78, 5) is 2.37. The molecule has 6 nitrogen and oxygen atoms in total. The van der Waals surface area contributed by atoms with E-state index in [0.29, 0.717) is 44.3 Å². The van der Waals surface area contributed by atoms with Crippen molar-refractivity contribution in [2.75, 3.05) is 32.7 Å². The maximum Gasteiger partial charge on any atom is 0.243 e. The van der Waals surface area contributed by atoms with Crippen LogP contribution in [0.25, 0.3) is 21.8 Å². The van der Waals surface area contributed by atoms with E-state index in [4.69, 9.17) is 11.6 Å². The summed E-state index contributed by atoms with van der Waals surface area (Å²) >= 11 is 13.0. The van der Waals surface area contributed by atoms with Gasteiger partial charge in [-0.1, -0.05) is 43.5 Å². The molecule has 1 aliphatic rings. The van der Waals surface area contributed by atoms with Gasteiger partial charge in [-0.05, 0) is 60.7 Å². The molecule has 3 aromatic carbocycles. The third-order valence-electron chi connectivity index (χ3n) is 6.43. The highest BCUT2D eigenvalue weighted by molar-refractivity contribution is 9.10. The highest BCUT2D eigenvalue weighted by atomic mass is 79.9. The van der Waals surface area contributed by atoms with Gasteiger partial charge in [0.15, 0.2) is 0 Å². The van der Waals surface area contributed by atoms with Crippen LogP contribution in [-0.2, 0) is 16.6 Å². The Kier molecular flexibility index (Phi) is 7.29. The molecule has 0 spiro atoms. The zero-order valence-electron chi connectivity index (χ0n) is 18.7. The highest BCUT2D eigenvalue weighted by Gasteiger charge is 2.29. The third-order valence-corrected chi connectivity index (χ3v) is 9.59. The second-order valence-electron chi connectivity index (χ2n) is 8.75. The minimum atomic E-state index is -3.55. The Hall–Kier alpha value is -1.46. The molecule has 1 atom stereocenters. The molecule has 0 unspecified atom stereocenters. The minimum absolute atomic E-state index is 0.250. The quantitative estimate of drug-likeness (QED) is 0.309. The van der Waals surface area contributed by atoms with Gasteiger partial charge in [0.05, 0.1) is 17.5 Å². The number of rotatable bonds is 6. The predicted molar refractivity (Wildman–Crippen MR) is 148 cm³/mol. The molecule has 35 heavy (non-hydrogen) atoms. The summed E-state index contributed by atoms with van der Waals surface area (Å²) in [5.74, 6) is 0. The Morgan fingerprint density at radius 2 is 1.37 bits per heavy atom. The van der Waals surface area contributed by atoms with Crippen LogP contribution < -0.4 is 0 Å². The molecule has 1 saturated heterocycles. The standard InChI is InChI=1S/C25H24Br2ClN3O3S/c26-17-1-7-24-22(13-17)23-14-18(27)2-8-25(23)31(24)16-20(32)15-29-9-11-30(12-10-29)35(33,34)21-5-3-19(28)4-6-21/h1-8,13-14,20,32H,9-12,15-16H2/t20-/m0/s1. The number of hydrogen-bond acceptors (Lipinski definition) is 4. The van der Waals surface area contributed by atoms with Crippen molar-refractivity contribution >= 4 is 75.3 Å². The second kappa shape index (κ2) is 10.1. The van der Waals surface area contributed by atoms with Crippen LogP contribution in [0.3, 0.4) is 0 Å². The number of nitrogens with zero attached hydrogens (tertiary/aromatic N) is 3. The van der Waals surface area contributed by atoms with Gasteiger partial charge in [-0.2, -0.15) is 4.31 Å². The summed E-state index contributed by atoms with van der Waals surface area (Å²) in [7, 11) is -3.55. The monoisotopic (exact) mass is 639 g/mol. The number of aromatic nitrogens is 1. The molecule has 1 N–H and O–H groups in total. The van der Waals surface area contributed by atoms with Gasteiger partial charge in [0, 0.05) is 68.5 Å². The van der Waals surface area contributed by atoms with Crippen LogP contribution in [0.5, 0.6) is 0 Å². The highest BCUT2D eigenvalue weighted by Crippen LogP contribution is 2.33. The van der Waals surface area contributed by atoms with Gasteiger partial charge >= 0.3 is 0 Å². The molecule has 0 radical (unpaired) electrons. The Labute approximate surface area is 226 Å². The van der Waals surface area contributed by atoms with Gasteiger partial charge in [0.2, 0.25) is 10.0 Å². The van der Waals surface area contributed by atoms with Crippen LogP contribution in [0.2, 0.25) is 5.02 Å². The first kappa shape index (κ1) is 25.2. The van der Waals surface area contributed by atoms with Crippen molar-refractivity contribution in [3.63, 3.8) is 0 Å². The molecule has 0 saturated carbocycles. The number of halogens is 3. The maximum absolute atomic E-state index is 12.9. The van der Waals surface area contributed by atoms with Gasteiger partial charge in [0.25, 0.3) is 0 Å². The summed E-state index contributed by atoms with van der Waals surface area (Å²) in [5.41, 5.74) is 2.14. The Balaban J connectivity index is 1.28. The largest absolute Gasteiger partial charge is 0.390 e. The predicted octanol–water partition coefficient (Wildman–Crippen LogP) is 5.34. The van der Waals surface area contributed by atoms with Crippen molar-refractivity contribution in [2.45, 2.75) is 17.5 Å². The van der Waals surface area contributed by atoms with E-state index in [1.54, 1.807) is 12.1 Å². The van der Waals surface area contributed by atoms with E-state index in [0.717, 1.165) is 30.8 Å². The van der Waals surface area contributed by atoms with Gasteiger partial charge in [-0.25, -0.2) is 8.42 Å². The van der Waals surface area contributed by atoms with Crippen LogP contribution in [0.15, 0.2) is 74.5 Å². The lowest BCUT2D eigenvalue weighted by Crippen LogP contribution is -2.50. The summed E-state index contributed by atoms with van der Waals surface area (Å²) < 4.78 is 31.6. The van der Waals surface area contributed by atoms with Crippen LogP contribution in [0, 0.1) is 0 Å². The average Bonchev–Trinajstić information content (AvgIpc) is 3.11. The lowest BCUT2D eigenvalue weighted by atomic mass is 10.2. The maximum atomic E-state index is 12.9. The topological polar surface area (TPSA) is 65.8 Å². The number of piperazine rings is 1. The van der Waals surface area contributed by atoms with Gasteiger partial charge in [-0.3, -0.25) is 4.90 Å². The fourth-order valence-electron chi connectivity index (χ4n) is 4.72. The van der Waals surface area contributed by atoms with Crippen LogP contribution in [0.1, 0.15) is 0 Å². The number of hydrogen-bond donors (Lipinski definition) is 1. The van der Waals surface area contributed by atoms with Crippen molar-refractivity contribution in [1.82, 2.24) is 13.8 Å². The fourth-order valence-corrected chi connectivity index (χ4v) is 6.99. The fraction of sp³-hybridized carbons (Fsp3) is 0.280. The van der Waals surface area contributed by atoms with E-state index < -0.39 is 16.1 Å². The van der Waals surface area contributed by atoms with E-state index in [-0.39, 0.29) is 4.90 Å².